The third-order valence-corrected chi connectivity index (χ3v) is 5.07. The van der Waals surface area contributed by atoms with Crippen LogP contribution < -0.4 is 0 Å². The molecule has 0 spiro atoms. The fourth-order valence-corrected chi connectivity index (χ4v) is 3.74. The van der Waals surface area contributed by atoms with Crippen molar-refractivity contribution in [2.45, 2.75) is 12.2 Å². The minimum absolute atomic E-state index is 0.630. The van der Waals surface area contributed by atoms with E-state index in [1.54, 1.807) is 48.5 Å². The van der Waals surface area contributed by atoms with Crippen LogP contribution in [0.5, 0.6) is 0 Å². The van der Waals surface area contributed by atoms with Crippen molar-refractivity contribution in [3.05, 3.63) is 71.8 Å². The van der Waals surface area contributed by atoms with Crippen molar-refractivity contribution in [2.24, 2.45) is 0 Å². The Labute approximate surface area is 121 Å². The zero-order valence-corrected chi connectivity index (χ0v) is 12.3. The molecule has 0 bridgehead atoms. The van der Waals surface area contributed by atoms with Crippen LogP contribution in [-0.2, 0) is 13.6 Å². The van der Waals surface area contributed by atoms with Crippen LogP contribution in [0.2, 0.25) is 0 Å². The van der Waals surface area contributed by atoms with Crippen LogP contribution in [0.25, 0.3) is 0 Å². The van der Waals surface area contributed by atoms with E-state index in [-0.39, 0.29) is 0 Å². The molecule has 0 amide bonds. The Morgan fingerprint density at radius 2 is 1.19 bits per heavy atom. The van der Waals surface area contributed by atoms with Gasteiger partial charge in [0.25, 0.3) is 0 Å². The molecular weight excluding hydrogens is 297 g/mol. The number of halogens is 2. The maximum absolute atomic E-state index is 14.4. The summed E-state index contributed by atoms with van der Waals surface area (Å²) in [6, 6.07) is 17.7. The third kappa shape index (κ3) is 2.83. The molecule has 0 radical (unpaired) electrons. The summed E-state index contributed by atoms with van der Waals surface area (Å²) in [5.41, 5.74) is 1.26. The molecule has 2 atom stereocenters. The van der Waals surface area contributed by atoms with E-state index in [2.05, 4.69) is 4.52 Å². The molecule has 112 valence electrons. The molecule has 21 heavy (non-hydrogen) atoms. The Morgan fingerprint density at radius 3 is 1.52 bits per heavy atom. The first-order valence-corrected chi connectivity index (χ1v) is 8.27. The molecule has 2 unspecified atom stereocenters. The van der Waals surface area contributed by atoms with E-state index in [1.807, 2.05) is 12.1 Å². The van der Waals surface area contributed by atoms with Gasteiger partial charge >= 0.3 is 121 Å². The Balaban J connectivity index is 2.03. The van der Waals surface area contributed by atoms with E-state index in [0.717, 1.165) is 7.11 Å². The molecule has 0 saturated carbocycles. The topological polar surface area (TPSA) is 27.7 Å². The van der Waals surface area contributed by atoms with Gasteiger partial charge in [0.15, 0.2) is 0 Å². The fraction of sp³-hybridized carbons (Fsp3) is 0.200. The van der Waals surface area contributed by atoms with Crippen molar-refractivity contribution in [1.29, 1.82) is 0 Å². The second kappa shape index (κ2) is 5.11. The zero-order chi connectivity index (χ0) is 14.9. The van der Waals surface area contributed by atoms with Gasteiger partial charge in [0.05, 0.1) is 0 Å². The normalized spacial score (nSPS) is 28.6. The summed E-state index contributed by atoms with van der Waals surface area (Å²) in [6.07, 6.45) is -1.80. The van der Waals surface area contributed by atoms with Crippen LogP contribution >= 0.6 is 7.91 Å². The minimum atomic E-state index is -6.03. The monoisotopic (exact) mass is 312 g/mol. The van der Waals surface area contributed by atoms with Crippen LogP contribution in [0.4, 0.5) is 8.39 Å². The third-order valence-electron chi connectivity index (χ3n) is 3.38. The maximum atomic E-state index is 14.4. The van der Waals surface area contributed by atoms with Gasteiger partial charge in [-0.15, -0.1) is 0 Å². The molecule has 1 aliphatic rings. The van der Waals surface area contributed by atoms with Gasteiger partial charge in [-0.2, -0.15) is 0 Å². The van der Waals surface area contributed by atoms with Crippen molar-refractivity contribution in [1.82, 2.24) is 0 Å². The molecule has 2 aromatic carbocycles. The number of hydrogen-bond donors (Lipinski definition) is 0. The van der Waals surface area contributed by atoms with E-state index >= 15 is 0 Å². The first kappa shape index (κ1) is 14.5. The molecule has 3 rings (SSSR count). The van der Waals surface area contributed by atoms with Gasteiger partial charge in [-0.3, -0.25) is 0 Å². The van der Waals surface area contributed by atoms with Gasteiger partial charge in [0.1, 0.15) is 0 Å². The molecule has 0 aromatic heterocycles. The second-order valence-electron chi connectivity index (χ2n) is 4.76. The van der Waals surface area contributed by atoms with Crippen molar-refractivity contribution in [3.63, 3.8) is 0 Å². The van der Waals surface area contributed by atoms with Crippen molar-refractivity contribution in [3.8, 4) is 0 Å². The standard InChI is InChI=1S/C15H15F2O3P/c1-18-21(16,17)19-14(12-8-4-2-5-9-12)15(20-21)13-10-6-3-7-11-13/h2-11,14-15H,1H3. The molecular formula is C15H15F2O3P. The van der Waals surface area contributed by atoms with E-state index in [1.165, 1.54) is 0 Å². The Kier molecular flexibility index (Phi) is 3.54. The van der Waals surface area contributed by atoms with Gasteiger partial charge in [0.2, 0.25) is 0 Å². The molecule has 1 aliphatic heterocycles. The zero-order valence-electron chi connectivity index (χ0n) is 11.4. The van der Waals surface area contributed by atoms with E-state index in [9.17, 15) is 8.39 Å². The van der Waals surface area contributed by atoms with E-state index in [4.69, 9.17) is 9.05 Å². The Hall–Kier alpha value is -1.39. The average Bonchev–Trinajstić information content (AvgIpc) is 2.83. The van der Waals surface area contributed by atoms with Crippen molar-refractivity contribution in [2.75, 3.05) is 7.11 Å². The van der Waals surface area contributed by atoms with Crippen LogP contribution in [0, 0.1) is 0 Å². The molecule has 0 aliphatic carbocycles. The summed E-state index contributed by atoms with van der Waals surface area (Å²) in [5, 5.41) is 0. The first-order valence-electron chi connectivity index (χ1n) is 6.50. The second-order valence-corrected chi connectivity index (χ2v) is 6.95. The molecule has 0 N–H and O–H groups in total. The summed E-state index contributed by atoms with van der Waals surface area (Å²) in [5.74, 6) is 0. The van der Waals surface area contributed by atoms with Crippen molar-refractivity contribution < 1.29 is 22.0 Å². The molecule has 1 saturated heterocycles. The van der Waals surface area contributed by atoms with Gasteiger partial charge in [0, 0.05) is 0 Å². The number of rotatable bonds is 3. The average molecular weight is 312 g/mol. The summed E-state index contributed by atoms with van der Waals surface area (Å²) in [7, 11) is -5.12. The van der Waals surface area contributed by atoms with E-state index in [0.29, 0.717) is 11.1 Å². The van der Waals surface area contributed by atoms with Gasteiger partial charge in [-0.1, -0.05) is 0 Å². The van der Waals surface area contributed by atoms with Gasteiger partial charge in [-0.25, -0.2) is 0 Å². The molecule has 2 aromatic rings. The van der Waals surface area contributed by atoms with Crippen LogP contribution in [-0.4, -0.2) is 7.11 Å². The fourth-order valence-electron chi connectivity index (χ4n) is 2.34. The molecule has 3 nitrogen and oxygen atoms in total. The van der Waals surface area contributed by atoms with E-state index < -0.39 is 20.1 Å². The molecule has 6 heteroatoms. The summed E-state index contributed by atoms with van der Waals surface area (Å²) in [4.78, 5) is 0. The number of hydrogen-bond acceptors (Lipinski definition) is 3. The quantitative estimate of drug-likeness (QED) is 0.726. The first-order chi connectivity index (χ1) is 10.00. The SMILES string of the molecule is COP1(F)(F)OC(c2ccccc2)C(c2ccccc2)O1. The predicted octanol–water partition coefficient (Wildman–Crippen LogP) is 5.23. The summed E-state index contributed by atoms with van der Waals surface area (Å²) in [6.45, 7) is 0. The Morgan fingerprint density at radius 1 is 0.810 bits per heavy atom. The molecule has 1 fully saturated rings. The number of benzene rings is 2. The molecule has 1 heterocycles. The van der Waals surface area contributed by atoms with Gasteiger partial charge in [-0.05, 0) is 0 Å². The van der Waals surface area contributed by atoms with Crippen molar-refractivity contribution >= 4 is 7.91 Å². The Bertz CT molecular complexity index is 570. The van der Waals surface area contributed by atoms with Crippen LogP contribution in [0.15, 0.2) is 60.7 Å². The van der Waals surface area contributed by atoms with Crippen LogP contribution in [0.3, 0.4) is 0 Å². The predicted molar refractivity (Wildman–Crippen MR) is 76.7 cm³/mol. The summed E-state index contributed by atoms with van der Waals surface area (Å²) < 4.78 is 43.1. The summed E-state index contributed by atoms with van der Waals surface area (Å²) >= 11 is 0. The van der Waals surface area contributed by atoms with Crippen LogP contribution in [0.1, 0.15) is 23.3 Å². The van der Waals surface area contributed by atoms with Gasteiger partial charge < -0.3 is 0 Å².